The van der Waals surface area contributed by atoms with E-state index in [0.717, 1.165) is 39.1 Å². The van der Waals surface area contributed by atoms with Gasteiger partial charge in [-0.15, -0.1) is 5.10 Å². The number of ether oxygens (including phenoxy) is 2. The van der Waals surface area contributed by atoms with Crippen molar-refractivity contribution in [1.29, 1.82) is 0 Å². The summed E-state index contributed by atoms with van der Waals surface area (Å²) in [6.45, 7) is 0.422. The smallest absolute Gasteiger partial charge is 0.251 e. The van der Waals surface area contributed by atoms with Crippen molar-refractivity contribution in [3.63, 3.8) is 0 Å². The molecule has 1 amide bonds. The Labute approximate surface area is 288 Å². The molecule has 0 saturated carbocycles. The number of aliphatic hydroxyl groups is 1. The number of rotatable bonds is 11. The number of carbonyl (C=O) groups is 1. The van der Waals surface area contributed by atoms with E-state index in [4.69, 9.17) is 9.47 Å². The van der Waals surface area contributed by atoms with Gasteiger partial charge in [0.15, 0.2) is 6.29 Å². The summed E-state index contributed by atoms with van der Waals surface area (Å²) in [5, 5.41) is 25.6. The molecule has 1 aliphatic rings. The molecule has 0 spiro atoms. The summed E-state index contributed by atoms with van der Waals surface area (Å²) in [7, 11) is 0. The Morgan fingerprint density at radius 2 is 1.53 bits per heavy atom. The van der Waals surface area contributed by atoms with Gasteiger partial charge >= 0.3 is 0 Å². The van der Waals surface area contributed by atoms with Crippen molar-refractivity contribution in [2.24, 2.45) is 0 Å². The Balaban J connectivity index is 1.06. The van der Waals surface area contributed by atoms with Crippen LogP contribution >= 0.6 is 11.8 Å². The molecule has 7 rings (SSSR count). The molecule has 3 unspecified atom stereocenters. The van der Waals surface area contributed by atoms with E-state index in [2.05, 4.69) is 45.1 Å². The minimum absolute atomic E-state index is 0.00941. The summed E-state index contributed by atoms with van der Waals surface area (Å²) in [5.74, 6) is 0.529. The number of aliphatic hydroxyl groups excluding tert-OH is 1. The second kappa shape index (κ2) is 15.4. The molecule has 1 fully saturated rings. The largest absolute Gasteiger partial charge is 0.392 e. The van der Waals surface area contributed by atoms with Crippen LogP contribution in [0.15, 0.2) is 139 Å². The summed E-state index contributed by atoms with van der Waals surface area (Å²) in [5.41, 5.74) is 7.44. The van der Waals surface area contributed by atoms with Gasteiger partial charge in [0.2, 0.25) is 5.16 Å². The normalized spacial score (nSPS) is 17.4. The lowest BCUT2D eigenvalue weighted by atomic mass is 9.99. The molecule has 2 N–H and O–H groups in total. The Bertz CT molecular complexity index is 1970. The Hall–Kier alpha value is -5.13. The zero-order chi connectivity index (χ0) is 33.4. The zero-order valence-corrected chi connectivity index (χ0v) is 27.4. The Morgan fingerprint density at radius 1 is 0.796 bits per heavy atom. The number of nitrogens with zero attached hydrogens (tertiary/aromatic N) is 4. The van der Waals surface area contributed by atoms with Crippen molar-refractivity contribution in [3.05, 3.63) is 161 Å². The number of hydrogen-bond donors (Lipinski definition) is 2. The highest BCUT2D eigenvalue weighted by Crippen LogP contribution is 2.40. The number of tetrazole rings is 1. The van der Waals surface area contributed by atoms with Crippen molar-refractivity contribution in [3.8, 4) is 16.8 Å². The maximum Gasteiger partial charge on any atom is 0.251 e. The van der Waals surface area contributed by atoms with Crippen LogP contribution < -0.4 is 5.32 Å². The second-order valence-electron chi connectivity index (χ2n) is 11.7. The van der Waals surface area contributed by atoms with E-state index in [0.29, 0.717) is 29.4 Å². The van der Waals surface area contributed by atoms with E-state index < -0.39 is 6.29 Å². The highest BCUT2D eigenvalue weighted by Gasteiger charge is 2.32. The molecule has 3 atom stereocenters. The molecule has 0 radical (unpaired) electrons. The lowest BCUT2D eigenvalue weighted by Crippen LogP contribution is -2.31. The molecule has 246 valence electrons. The summed E-state index contributed by atoms with van der Waals surface area (Å²) in [6.07, 6.45) is -0.277. The standard InChI is InChI=1S/C39H35N5O4S/c45-25-27-14-16-30(17-15-27)36-23-35(26-49-39-41-42-43-44(39)34-12-5-2-6-13-34)47-38(48-36)32-20-18-29(19-21-32)33-11-7-8-28(22-33)24-40-37(46)31-9-3-1-4-10-31/h1-22,35-36,38,45H,23-26H2,(H,40,46). The SMILES string of the molecule is O=C(NCc1cccc(-c2ccc(C3OC(CSc4nnnn4-c4ccccc4)CC(c4ccc(CO)cc4)O3)cc2)c1)c1ccccc1. The lowest BCUT2D eigenvalue weighted by molar-refractivity contribution is -0.245. The molecule has 6 aromatic rings. The van der Waals surface area contributed by atoms with E-state index >= 15 is 0 Å². The fourth-order valence-corrected chi connectivity index (χ4v) is 6.67. The average Bonchev–Trinajstić information content (AvgIpc) is 3.66. The molecule has 2 heterocycles. The van der Waals surface area contributed by atoms with Crippen LogP contribution in [0.4, 0.5) is 0 Å². The van der Waals surface area contributed by atoms with Crippen molar-refractivity contribution >= 4 is 17.7 Å². The molecule has 1 aliphatic heterocycles. The summed E-state index contributed by atoms with van der Waals surface area (Å²) in [4.78, 5) is 12.5. The van der Waals surface area contributed by atoms with Gasteiger partial charge in [-0.25, -0.2) is 0 Å². The van der Waals surface area contributed by atoms with E-state index in [1.54, 1.807) is 28.6 Å². The maximum atomic E-state index is 12.5. The van der Waals surface area contributed by atoms with Crippen LogP contribution in [0, 0.1) is 0 Å². The summed E-state index contributed by atoms with van der Waals surface area (Å²) < 4.78 is 14.9. The molecule has 0 bridgehead atoms. The van der Waals surface area contributed by atoms with Gasteiger partial charge in [0.25, 0.3) is 5.91 Å². The first-order valence-corrected chi connectivity index (χ1v) is 17.1. The van der Waals surface area contributed by atoms with Gasteiger partial charge in [-0.05, 0) is 68.6 Å². The predicted octanol–water partition coefficient (Wildman–Crippen LogP) is 7.09. The molecule has 10 heteroatoms. The third-order valence-corrected chi connectivity index (χ3v) is 9.44. The van der Waals surface area contributed by atoms with Gasteiger partial charge in [-0.1, -0.05) is 115 Å². The number of aromatic nitrogens is 4. The third kappa shape index (κ3) is 7.96. The summed E-state index contributed by atoms with van der Waals surface area (Å²) >= 11 is 1.55. The van der Waals surface area contributed by atoms with Crippen LogP contribution in [-0.4, -0.2) is 43.1 Å². The second-order valence-corrected chi connectivity index (χ2v) is 12.7. The molecule has 0 aliphatic carbocycles. The maximum absolute atomic E-state index is 12.5. The van der Waals surface area contributed by atoms with E-state index in [1.807, 2.05) is 97.1 Å². The van der Waals surface area contributed by atoms with Crippen LogP contribution in [0.3, 0.4) is 0 Å². The van der Waals surface area contributed by atoms with Crippen LogP contribution in [0.2, 0.25) is 0 Å². The molecule has 5 aromatic carbocycles. The Morgan fingerprint density at radius 3 is 2.29 bits per heavy atom. The quantitative estimate of drug-likeness (QED) is 0.141. The molecule has 1 aromatic heterocycles. The van der Waals surface area contributed by atoms with Gasteiger partial charge < -0.3 is 19.9 Å². The first-order valence-electron chi connectivity index (χ1n) is 16.1. The van der Waals surface area contributed by atoms with E-state index in [1.165, 1.54) is 0 Å². The molecular weight excluding hydrogens is 635 g/mol. The van der Waals surface area contributed by atoms with Crippen molar-refractivity contribution in [1.82, 2.24) is 25.5 Å². The number of amides is 1. The lowest BCUT2D eigenvalue weighted by Gasteiger charge is -2.36. The van der Waals surface area contributed by atoms with Crippen LogP contribution in [-0.2, 0) is 22.6 Å². The third-order valence-electron chi connectivity index (χ3n) is 8.39. The number of hydrogen-bond acceptors (Lipinski definition) is 8. The van der Waals surface area contributed by atoms with Crippen LogP contribution in [0.1, 0.15) is 51.4 Å². The predicted molar refractivity (Wildman–Crippen MR) is 188 cm³/mol. The van der Waals surface area contributed by atoms with Gasteiger partial charge in [-0.3, -0.25) is 4.79 Å². The van der Waals surface area contributed by atoms with E-state index in [-0.39, 0.29) is 24.7 Å². The highest BCUT2D eigenvalue weighted by molar-refractivity contribution is 7.99. The minimum atomic E-state index is -0.583. The highest BCUT2D eigenvalue weighted by atomic mass is 32.2. The molecule has 1 saturated heterocycles. The number of para-hydroxylation sites is 1. The fourth-order valence-electron chi connectivity index (χ4n) is 5.76. The number of benzene rings is 5. The van der Waals surface area contributed by atoms with E-state index in [9.17, 15) is 9.90 Å². The first-order chi connectivity index (χ1) is 24.1. The number of nitrogens with one attached hydrogen (secondary N) is 1. The fraction of sp³-hybridized carbons (Fsp3) is 0.179. The van der Waals surface area contributed by atoms with Gasteiger partial charge in [0.1, 0.15) is 0 Å². The van der Waals surface area contributed by atoms with Crippen molar-refractivity contribution < 1.29 is 19.4 Å². The minimum Gasteiger partial charge on any atom is -0.392 e. The first kappa shape index (κ1) is 32.4. The van der Waals surface area contributed by atoms with Crippen molar-refractivity contribution in [2.75, 3.05) is 5.75 Å². The van der Waals surface area contributed by atoms with Gasteiger partial charge in [0.05, 0.1) is 24.5 Å². The average molecular weight is 670 g/mol. The Kier molecular flexibility index (Phi) is 10.2. The van der Waals surface area contributed by atoms with Crippen LogP contribution in [0.25, 0.3) is 16.8 Å². The summed E-state index contributed by atoms with van der Waals surface area (Å²) in [6, 6.07) is 43.3. The van der Waals surface area contributed by atoms with Crippen LogP contribution in [0.5, 0.6) is 0 Å². The number of thioether (sulfide) groups is 1. The monoisotopic (exact) mass is 669 g/mol. The molecular formula is C39H35N5O4S. The number of carbonyl (C=O) groups excluding carboxylic acids is 1. The van der Waals surface area contributed by atoms with Gasteiger partial charge in [-0.2, -0.15) is 4.68 Å². The van der Waals surface area contributed by atoms with Gasteiger partial charge in [0, 0.05) is 29.8 Å². The molecule has 9 nitrogen and oxygen atoms in total. The molecule has 49 heavy (non-hydrogen) atoms. The topological polar surface area (TPSA) is 111 Å². The zero-order valence-electron chi connectivity index (χ0n) is 26.6. The van der Waals surface area contributed by atoms with Crippen molar-refractivity contribution in [2.45, 2.75) is 43.2 Å².